The summed E-state index contributed by atoms with van der Waals surface area (Å²) in [4.78, 5) is 6.79. The van der Waals surface area contributed by atoms with Crippen LogP contribution in [-0.2, 0) is 0 Å². The summed E-state index contributed by atoms with van der Waals surface area (Å²) in [5.41, 5.74) is 0. The SMILES string of the molecule is CC(C)CNCC1CCN(c2ncc(Cl)cc2Br)CC1. The van der Waals surface area contributed by atoms with Gasteiger partial charge in [0, 0.05) is 19.3 Å². The lowest BCUT2D eigenvalue weighted by Crippen LogP contribution is -2.38. The molecule has 2 heterocycles. The van der Waals surface area contributed by atoms with Crippen LogP contribution in [0.5, 0.6) is 0 Å². The van der Waals surface area contributed by atoms with Gasteiger partial charge in [-0.25, -0.2) is 4.98 Å². The monoisotopic (exact) mass is 359 g/mol. The van der Waals surface area contributed by atoms with Gasteiger partial charge in [0.25, 0.3) is 0 Å². The number of hydrogen-bond donors (Lipinski definition) is 1. The molecule has 0 aliphatic carbocycles. The molecule has 0 amide bonds. The Kier molecular flexibility index (Phi) is 6.12. The van der Waals surface area contributed by atoms with Crippen LogP contribution in [0.25, 0.3) is 0 Å². The van der Waals surface area contributed by atoms with E-state index in [-0.39, 0.29) is 0 Å². The summed E-state index contributed by atoms with van der Waals surface area (Å²) in [6.07, 6.45) is 4.17. The third-order valence-corrected chi connectivity index (χ3v) is 4.48. The topological polar surface area (TPSA) is 28.2 Å². The highest BCUT2D eigenvalue weighted by Gasteiger charge is 2.21. The Morgan fingerprint density at radius 3 is 2.75 bits per heavy atom. The zero-order valence-corrected chi connectivity index (χ0v) is 14.5. The molecule has 1 fully saturated rings. The Hall–Kier alpha value is -0.320. The fraction of sp³-hybridized carbons (Fsp3) is 0.667. The van der Waals surface area contributed by atoms with Crippen molar-refractivity contribution in [2.75, 3.05) is 31.1 Å². The maximum atomic E-state index is 5.94. The van der Waals surface area contributed by atoms with E-state index in [0.717, 1.165) is 48.3 Å². The molecule has 1 N–H and O–H groups in total. The number of halogens is 2. The van der Waals surface area contributed by atoms with E-state index in [2.05, 4.69) is 45.0 Å². The molecule has 20 heavy (non-hydrogen) atoms. The van der Waals surface area contributed by atoms with Gasteiger partial charge in [0.05, 0.1) is 9.50 Å². The molecule has 5 heteroatoms. The second-order valence-corrected chi connectivity index (χ2v) is 7.23. The van der Waals surface area contributed by atoms with Crippen molar-refractivity contribution in [3.8, 4) is 0 Å². The minimum atomic E-state index is 0.674. The number of aromatic nitrogens is 1. The highest BCUT2D eigenvalue weighted by molar-refractivity contribution is 9.10. The van der Waals surface area contributed by atoms with Crippen LogP contribution < -0.4 is 10.2 Å². The summed E-state index contributed by atoms with van der Waals surface area (Å²) in [5, 5.41) is 4.24. The highest BCUT2D eigenvalue weighted by Crippen LogP contribution is 2.29. The molecule has 2 rings (SSSR count). The van der Waals surface area contributed by atoms with E-state index in [0.29, 0.717) is 5.02 Å². The van der Waals surface area contributed by atoms with Gasteiger partial charge in [-0.2, -0.15) is 0 Å². The quantitative estimate of drug-likeness (QED) is 0.861. The molecule has 1 saturated heterocycles. The molecule has 0 unspecified atom stereocenters. The molecule has 1 aliphatic heterocycles. The van der Waals surface area contributed by atoms with Crippen molar-refractivity contribution in [3.05, 3.63) is 21.8 Å². The Bertz CT molecular complexity index is 431. The van der Waals surface area contributed by atoms with Gasteiger partial charge in [0.15, 0.2) is 0 Å². The molecule has 0 atom stereocenters. The maximum absolute atomic E-state index is 5.94. The standard InChI is InChI=1S/C15H23BrClN3/c1-11(2)8-18-9-12-3-5-20(6-4-12)15-14(16)7-13(17)10-19-15/h7,10-12,18H,3-6,8-9H2,1-2H3. The zero-order chi connectivity index (χ0) is 14.5. The summed E-state index contributed by atoms with van der Waals surface area (Å²) in [7, 11) is 0. The van der Waals surface area contributed by atoms with Gasteiger partial charge in [0.2, 0.25) is 0 Å². The van der Waals surface area contributed by atoms with E-state index in [9.17, 15) is 0 Å². The van der Waals surface area contributed by atoms with E-state index in [1.165, 1.54) is 12.8 Å². The lowest BCUT2D eigenvalue weighted by atomic mass is 9.96. The first-order valence-corrected chi connectivity index (χ1v) is 8.50. The minimum absolute atomic E-state index is 0.674. The molecular formula is C15H23BrClN3. The van der Waals surface area contributed by atoms with Gasteiger partial charge >= 0.3 is 0 Å². The van der Waals surface area contributed by atoms with E-state index in [1.54, 1.807) is 6.20 Å². The molecule has 0 spiro atoms. The molecule has 112 valence electrons. The van der Waals surface area contributed by atoms with Crippen molar-refractivity contribution in [1.29, 1.82) is 0 Å². The molecule has 1 aromatic heterocycles. The van der Waals surface area contributed by atoms with Gasteiger partial charge in [-0.15, -0.1) is 0 Å². The molecule has 3 nitrogen and oxygen atoms in total. The van der Waals surface area contributed by atoms with Crippen LogP contribution in [0.3, 0.4) is 0 Å². The van der Waals surface area contributed by atoms with Gasteiger partial charge in [-0.3, -0.25) is 0 Å². The molecular weight excluding hydrogens is 338 g/mol. The van der Waals surface area contributed by atoms with E-state index in [4.69, 9.17) is 11.6 Å². The van der Waals surface area contributed by atoms with Crippen molar-refractivity contribution in [2.45, 2.75) is 26.7 Å². The lowest BCUT2D eigenvalue weighted by molar-refractivity contribution is 0.373. The van der Waals surface area contributed by atoms with Crippen LogP contribution in [0.4, 0.5) is 5.82 Å². The average molecular weight is 361 g/mol. The largest absolute Gasteiger partial charge is 0.356 e. The van der Waals surface area contributed by atoms with E-state index < -0.39 is 0 Å². The van der Waals surface area contributed by atoms with Crippen molar-refractivity contribution in [3.63, 3.8) is 0 Å². The molecule has 0 bridgehead atoms. The number of rotatable bonds is 5. The summed E-state index contributed by atoms with van der Waals surface area (Å²) >= 11 is 9.50. The van der Waals surface area contributed by atoms with Crippen LogP contribution in [0.2, 0.25) is 5.02 Å². The van der Waals surface area contributed by atoms with Crippen LogP contribution in [0, 0.1) is 11.8 Å². The van der Waals surface area contributed by atoms with Crippen molar-refractivity contribution in [2.24, 2.45) is 11.8 Å². The minimum Gasteiger partial charge on any atom is -0.356 e. The second kappa shape index (κ2) is 7.62. The Morgan fingerprint density at radius 1 is 1.45 bits per heavy atom. The summed E-state index contributed by atoms with van der Waals surface area (Å²) in [6.45, 7) is 8.90. The third-order valence-electron chi connectivity index (χ3n) is 3.69. The Morgan fingerprint density at radius 2 is 2.15 bits per heavy atom. The van der Waals surface area contributed by atoms with Crippen LogP contribution in [0.15, 0.2) is 16.7 Å². The first-order chi connectivity index (χ1) is 9.56. The molecule has 1 aliphatic rings. The number of pyridine rings is 1. The second-order valence-electron chi connectivity index (χ2n) is 5.94. The molecule has 0 radical (unpaired) electrons. The fourth-order valence-corrected chi connectivity index (χ4v) is 3.45. The van der Waals surface area contributed by atoms with Crippen molar-refractivity contribution in [1.82, 2.24) is 10.3 Å². The zero-order valence-electron chi connectivity index (χ0n) is 12.2. The summed E-state index contributed by atoms with van der Waals surface area (Å²) < 4.78 is 0.987. The summed E-state index contributed by atoms with van der Waals surface area (Å²) in [5.74, 6) is 2.53. The average Bonchev–Trinajstić information content (AvgIpc) is 2.39. The van der Waals surface area contributed by atoms with Crippen molar-refractivity contribution < 1.29 is 0 Å². The number of anilines is 1. The smallest absolute Gasteiger partial charge is 0.142 e. The molecule has 0 saturated carbocycles. The van der Waals surface area contributed by atoms with E-state index >= 15 is 0 Å². The maximum Gasteiger partial charge on any atom is 0.142 e. The predicted molar refractivity (Wildman–Crippen MR) is 89.6 cm³/mol. The predicted octanol–water partition coefficient (Wildman–Crippen LogP) is 3.96. The number of nitrogens with one attached hydrogen (secondary N) is 1. The Balaban J connectivity index is 1.82. The first kappa shape index (κ1) is 16.1. The lowest BCUT2D eigenvalue weighted by Gasteiger charge is -2.33. The first-order valence-electron chi connectivity index (χ1n) is 7.33. The fourth-order valence-electron chi connectivity index (χ4n) is 2.57. The number of piperidine rings is 1. The van der Waals surface area contributed by atoms with Crippen LogP contribution >= 0.6 is 27.5 Å². The van der Waals surface area contributed by atoms with Gasteiger partial charge in [0.1, 0.15) is 5.82 Å². The van der Waals surface area contributed by atoms with Crippen molar-refractivity contribution >= 4 is 33.3 Å². The van der Waals surface area contributed by atoms with Gasteiger partial charge in [-0.1, -0.05) is 25.4 Å². The van der Waals surface area contributed by atoms with Gasteiger partial charge in [-0.05, 0) is 59.8 Å². The Labute approximate surface area is 135 Å². The summed E-state index contributed by atoms with van der Waals surface area (Å²) in [6, 6.07) is 1.92. The highest BCUT2D eigenvalue weighted by atomic mass is 79.9. The number of nitrogens with zero attached hydrogens (tertiary/aromatic N) is 2. The van der Waals surface area contributed by atoms with Crippen LogP contribution in [0.1, 0.15) is 26.7 Å². The third kappa shape index (κ3) is 4.61. The normalized spacial score (nSPS) is 16.9. The molecule has 0 aromatic carbocycles. The molecule has 1 aromatic rings. The number of hydrogen-bond acceptors (Lipinski definition) is 3. The van der Waals surface area contributed by atoms with E-state index in [1.807, 2.05) is 6.07 Å². The van der Waals surface area contributed by atoms with Crippen LogP contribution in [-0.4, -0.2) is 31.2 Å². The van der Waals surface area contributed by atoms with Gasteiger partial charge < -0.3 is 10.2 Å².